The molecule has 2 rings (SSSR count). The van der Waals surface area contributed by atoms with Crippen LogP contribution in [0.1, 0.15) is 25.8 Å². The van der Waals surface area contributed by atoms with Crippen LogP contribution in [-0.2, 0) is 16.0 Å². The van der Waals surface area contributed by atoms with Gasteiger partial charge in [0.25, 0.3) is 5.69 Å². The van der Waals surface area contributed by atoms with E-state index in [0.29, 0.717) is 12.2 Å². The number of nitro groups is 1. The summed E-state index contributed by atoms with van der Waals surface area (Å²) < 4.78 is 10.3. The predicted molar refractivity (Wildman–Crippen MR) is 83.5 cm³/mol. The van der Waals surface area contributed by atoms with E-state index in [9.17, 15) is 19.7 Å². The Labute approximate surface area is 138 Å². The lowest BCUT2D eigenvalue weighted by Crippen LogP contribution is -2.45. The Morgan fingerprint density at radius 2 is 1.96 bits per heavy atom. The maximum Gasteiger partial charge on any atom is 0.277 e. The number of benzene rings is 1. The van der Waals surface area contributed by atoms with Gasteiger partial charge in [0.1, 0.15) is 6.04 Å². The van der Waals surface area contributed by atoms with Crippen LogP contribution in [0.15, 0.2) is 12.1 Å². The van der Waals surface area contributed by atoms with Crippen molar-refractivity contribution in [3.8, 4) is 11.5 Å². The zero-order valence-corrected chi connectivity index (χ0v) is 13.4. The van der Waals surface area contributed by atoms with Crippen molar-refractivity contribution in [1.29, 1.82) is 0 Å². The smallest absolute Gasteiger partial charge is 0.277 e. The fourth-order valence-corrected chi connectivity index (χ4v) is 2.42. The highest BCUT2D eigenvalue weighted by molar-refractivity contribution is 5.88. The predicted octanol–water partition coefficient (Wildman–Crippen LogP) is 0.882. The third-order valence-corrected chi connectivity index (χ3v) is 3.51. The molecule has 0 radical (unpaired) electrons. The standard InChI is InChI=1S/C15H19N3O6/c1-8(2)3-10(15(16)20)17-14(19)5-9-4-12-13(24-7-23-12)6-11(9)18(21)22/h4,6,8,10H,3,5,7H2,1-2H3,(H2,16,20)(H,17,19)/t10-/m0/s1. The molecule has 0 saturated carbocycles. The van der Waals surface area contributed by atoms with Gasteiger partial charge in [0.05, 0.1) is 17.4 Å². The van der Waals surface area contributed by atoms with Gasteiger partial charge in [-0.1, -0.05) is 13.8 Å². The van der Waals surface area contributed by atoms with Crippen molar-refractivity contribution in [2.24, 2.45) is 11.7 Å². The molecule has 130 valence electrons. The summed E-state index contributed by atoms with van der Waals surface area (Å²) in [6.07, 6.45) is 0.124. The van der Waals surface area contributed by atoms with Crippen LogP contribution in [0.3, 0.4) is 0 Å². The minimum atomic E-state index is -0.814. The summed E-state index contributed by atoms with van der Waals surface area (Å²) in [4.78, 5) is 34.2. The highest BCUT2D eigenvalue weighted by Gasteiger charge is 2.26. The summed E-state index contributed by atoms with van der Waals surface area (Å²) in [5.41, 5.74) is 5.21. The van der Waals surface area contributed by atoms with E-state index in [0.717, 1.165) is 0 Å². The zero-order chi connectivity index (χ0) is 17.9. The molecule has 1 aromatic rings. The lowest BCUT2D eigenvalue weighted by atomic mass is 10.0. The molecule has 0 aliphatic carbocycles. The number of nitrogens with one attached hydrogen (secondary N) is 1. The Bertz CT molecular complexity index is 673. The molecular weight excluding hydrogens is 318 g/mol. The van der Waals surface area contributed by atoms with Crippen LogP contribution >= 0.6 is 0 Å². The number of hydrogen-bond donors (Lipinski definition) is 2. The number of carbonyl (C=O) groups excluding carboxylic acids is 2. The molecule has 1 aliphatic heterocycles. The molecule has 24 heavy (non-hydrogen) atoms. The van der Waals surface area contributed by atoms with Crippen LogP contribution in [0.25, 0.3) is 0 Å². The van der Waals surface area contributed by atoms with Crippen molar-refractivity contribution in [2.45, 2.75) is 32.7 Å². The SMILES string of the molecule is CC(C)C[C@H](NC(=O)Cc1cc2c(cc1[N+](=O)[O-])OCO2)C(N)=O. The topological polar surface area (TPSA) is 134 Å². The summed E-state index contributed by atoms with van der Waals surface area (Å²) in [7, 11) is 0. The Kier molecular flexibility index (Phi) is 5.22. The van der Waals surface area contributed by atoms with E-state index in [1.165, 1.54) is 12.1 Å². The number of carbonyl (C=O) groups is 2. The number of primary amides is 1. The van der Waals surface area contributed by atoms with Gasteiger partial charge in [0.2, 0.25) is 18.6 Å². The van der Waals surface area contributed by atoms with E-state index in [1.54, 1.807) is 0 Å². The van der Waals surface area contributed by atoms with Crippen molar-refractivity contribution >= 4 is 17.5 Å². The monoisotopic (exact) mass is 337 g/mol. The molecule has 0 saturated heterocycles. The number of amides is 2. The molecule has 9 nitrogen and oxygen atoms in total. The van der Waals surface area contributed by atoms with Crippen LogP contribution in [0.5, 0.6) is 11.5 Å². The van der Waals surface area contributed by atoms with Crippen molar-refractivity contribution < 1.29 is 24.0 Å². The first-order chi connectivity index (χ1) is 11.3. The van der Waals surface area contributed by atoms with E-state index in [2.05, 4.69) is 5.32 Å². The fraction of sp³-hybridized carbons (Fsp3) is 0.467. The van der Waals surface area contributed by atoms with Crippen LogP contribution in [0, 0.1) is 16.0 Å². The van der Waals surface area contributed by atoms with E-state index >= 15 is 0 Å². The molecule has 1 heterocycles. The van der Waals surface area contributed by atoms with Gasteiger partial charge < -0.3 is 20.5 Å². The third kappa shape index (κ3) is 4.12. The first kappa shape index (κ1) is 17.5. The molecule has 1 aromatic carbocycles. The lowest BCUT2D eigenvalue weighted by Gasteiger charge is -2.17. The molecule has 0 aromatic heterocycles. The van der Waals surface area contributed by atoms with Gasteiger partial charge in [-0.3, -0.25) is 19.7 Å². The molecule has 1 atom stereocenters. The van der Waals surface area contributed by atoms with E-state index in [-0.39, 0.29) is 36.1 Å². The highest BCUT2D eigenvalue weighted by Crippen LogP contribution is 2.38. The van der Waals surface area contributed by atoms with E-state index < -0.39 is 22.8 Å². The Morgan fingerprint density at radius 1 is 1.33 bits per heavy atom. The highest BCUT2D eigenvalue weighted by atomic mass is 16.7. The van der Waals surface area contributed by atoms with Crippen LogP contribution in [0.4, 0.5) is 5.69 Å². The van der Waals surface area contributed by atoms with Crippen LogP contribution < -0.4 is 20.5 Å². The van der Waals surface area contributed by atoms with Gasteiger partial charge in [0, 0.05) is 5.56 Å². The fourth-order valence-electron chi connectivity index (χ4n) is 2.42. The number of nitro benzene ring substituents is 1. The van der Waals surface area contributed by atoms with Crippen LogP contribution in [0.2, 0.25) is 0 Å². The zero-order valence-electron chi connectivity index (χ0n) is 13.4. The second kappa shape index (κ2) is 7.16. The van der Waals surface area contributed by atoms with Gasteiger partial charge in [-0.15, -0.1) is 0 Å². The first-order valence-electron chi connectivity index (χ1n) is 7.43. The molecule has 3 N–H and O–H groups in total. The number of nitrogens with zero attached hydrogens (tertiary/aromatic N) is 1. The molecule has 2 amide bonds. The largest absolute Gasteiger partial charge is 0.454 e. The van der Waals surface area contributed by atoms with E-state index in [4.69, 9.17) is 15.2 Å². The van der Waals surface area contributed by atoms with Gasteiger partial charge in [-0.2, -0.15) is 0 Å². The number of hydrogen-bond acceptors (Lipinski definition) is 6. The number of nitrogens with two attached hydrogens (primary N) is 1. The van der Waals surface area contributed by atoms with Crippen molar-refractivity contribution in [2.75, 3.05) is 6.79 Å². The summed E-state index contributed by atoms with van der Waals surface area (Å²) in [6, 6.07) is 1.82. The Hall–Kier alpha value is -2.84. The molecule has 0 bridgehead atoms. The van der Waals surface area contributed by atoms with Gasteiger partial charge >= 0.3 is 0 Å². The third-order valence-electron chi connectivity index (χ3n) is 3.51. The maximum absolute atomic E-state index is 12.2. The second-order valence-corrected chi connectivity index (χ2v) is 5.92. The molecule has 0 fully saturated rings. The summed E-state index contributed by atoms with van der Waals surface area (Å²) in [5.74, 6) is -0.404. The van der Waals surface area contributed by atoms with Crippen LogP contribution in [-0.4, -0.2) is 29.6 Å². The lowest BCUT2D eigenvalue weighted by molar-refractivity contribution is -0.385. The average molecular weight is 337 g/mol. The molecule has 9 heteroatoms. The maximum atomic E-state index is 12.2. The average Bonchev–Trinajstić information content (AvgIpc) is 2.92. The Morgan fingerprint density at radius 3 is 2.50 bits per heavy atom. The summed E-state index contributed by atoms with van der Waals surface area (Å²) in [6.45, 7) is 3.76. The molecule has 1 aliphatic rings. The van der Waals surface area contributed by atoms with E-state index in [1.807, 2.05) is 13.8 Å². The number of ether oxygens (including phenoxy) is 2. The molecular formula is C15H19N3O6. The van der Waals surface area contributed by atoms with Gasteiger partial charge in [0.15, 0.2) is 11.5 Å². The summed E-state index contributed by atoms with van der Waals surface area (Å²) >= 11 is 0. The minimum Gasteiger partial charge on any atom is -0.454 e. The van der Waals surface area contributed by atoms with Crippen molar-refractivity contribution in [3.05, 3.63) is 27.8 Å². The summed E-state index contributed by atoms with van der Waals surface area (Å²) in [5, 5.41) is 13.7. The first-order valence-corrected chi connectivity index (χ1v) is 7.43. The Balaban J connectivity index is 2.16. The quantitative estimate of drug-likeness (QED) is 0.560. The molecule has 0 spiro atoms. The van der Waals surface area contributed by atoms with Crippen molar-refractivity contribution in [3.63, 3.8) is 0 Å². The van der Waals surface area contributed by atoms with Gasteiger partial charge in [-0.25, -0.2) is 0 Å². The minimum absolute atomic E-state index is 0.0275. The van der Waals surface area contributed by atoms with Crippen molar-refractivity contribution in [1.82, 2.24) is 5.32 Å². The number of rotatable bonds is 7. The molecule has 0 unspecified atom stereocenters. The number of fused-ring (bicyclic) bond motifs is 1. The normalized spacial score (nSPS) is 13.6. The van der Waals surface area contributed by atoms with Gasteiger partial charge in [-0.05, 0) is 18.4 Å². The second-order valence-electron chi connectivity index (χ2n) is 5.92.